The minimum absolute atomic E-state index is 0.503. The van der Waals surface area contributed by atoms with Crippen molar-refractivity contribution >= 4 is 27.5 Å². The lowest BCUT2D eigenvalue weighted by Gasteiger charge is -2.32. The highest BCUT2D eigenvalue weighted by Crippen LogP contribution is 2.27. The standard InChI is InChI=1S/C14H19BrClNO/c15-13-8-12(16)5-4-11(13)9-17-10-14(18)6-2-1-3-7-14/h4-5,8,17-18H,1-3,6-7,9-10H2. The first kappa shape index (κ1) is 14.3. The molecule has 1 saturated carbocycles. The third-order valence-corrected chi connectivity index (χ3v) is 4.54. The van der Waals surface area contributed by atoms with E-state index in [1.165, 1.54) is 12.0 Å². The van der Waals surface area contributed by atoms with Gasteiger partial charge in [-0.25, -0.2) is 0 Å². The molecule has 0 bridgehead atoms. The van der Waals surface area contributed by atoms with Crippen LogP contribution in [0, 0.1) is 0 Å². The molecular weight excluding hydrogens is 314 g/mol. The summed E-state index contributed by atoms with van der Waals surface area (Å²) in [5.74, 6) is 0. The van der Waals surface area contributed by atoms with Gasteiger partial charge in [-0.3, -0.25) is 0 Å². The molecule has 0 spiro atoms. The molecule has 18 heavy (non-hydrogen) atoms. The largest absolute Gasteiger partial charge is 0.389 e. The Labute approximate surface area is 122 Å². The number of halogens is 2. The van der Waals surface area contributed by atoms with Gasteiger partial charge < -0.3 is 10.4 Å². The van der Waals surface area contributed by atoms with Gasteiger partial charge in [0.25, 0.3) is 0 Å². The Morgan fingerprint density at radius 3 is 2.67 bits per heavy atom. The minimum atomic E-state index is -0.503. The molecule has 0 unspecified atom stereocenters. The molecular formula is C14H19BrClNO. The number of hydrogen-bond acceptors (Lipinski definition) is 2. The van der Waals surface area contributed by atoms with Gasteiger partial charge in [0.05, 0.1) is 5.60 Å². The molecule has 2 N–H and O–H groups in total. The van der Waals surface area contributed by atoms with Crippen molar-refractivity contribution in [2.75, 3.05) is 6.54 Å². The van der Waals surface area contributed by atoms with Gasteiger partial charge in [0, 0.05) is 22.6 Å². The minimum Gasteiger partial charge on any atom is -0.389 e. The van der Waals surface area contributed by atoms with E-state index in [1.807, 2.05) is 18.2 Å². The molecule has 0 amide bonds. The third kappa shape index (κ3) is 3.95. The normalized spacial score (nSPS) is 18.8. The van der Waals surface area contributed by atoms with Crippen LogP contribution in [0.2, 0.25) is 5.02 Å². The zero-order chi connectivity index (χ0) is 13.0. The van der Waals surface area contributed by atoms with E-state index in [-0.39, 0.29) is 0 Å². The van der Waals surface area contributed by atoms with E-state index in [2.05, 4.69) is 21.2 Å². The molecule has 1 aromatic carbocycles. The Kier molecular flexibility index (Phi) is 5.07. The molecule has 0 aliphatic heterocycles. The maximum Gasteiger partial charge on any atom is 0.0771 e. The summed E-state index contributed by atoms with van der Waals surface area (Å²) in [6.07, 6.45) is 5.38. The summed E-state index contributed by atoms with van der Waals surface area (Å²) in [4.78, 5) is 0. The molecule has 0 atom stereocenters. The van der Waals surface area contributed by atoms with Crippen LogP contribution in [-0.2, 0) is 6.54 Å². The number of rotatable bonds is 4. The van der Waals surface area contributed by atoms with Crippen LogP contribution >= 0.6 is 27.5 Å². The average molecular weight is 333 g/mol. The topological polar surface area (TPSA) is 32.3 Å². The van der Waals surface area contributed by atoms with Crippen LogP contribution in [0.25, 0.3) is 0 Å². The van der Waals surface area contributed by atoms with Crippen molar-refractivity contribution in [2.45, 2.75) is 44.2 Å². The van der Waals surface area contributed by atoms with E-state index >= 15 is 0 Å². The van der Waals surface area contributed by atoms with Gasteiger partial charge in [-0.15, -0.1) is 0 Å². The number of aliphatic hydroxyl groups is 1. The predicted molar refractivity (Wildman–Crippen MR) is 78.9 cm³/mol. The fraction of sp³-hybridized carbons (Fsp3) is 0.571. The van der Waals surface area contributed by atoms with Crippen LogP contribution in [0.3, 0.4) is 0 Å². The molecule has 2 rings (SSSR count). The Bertz CT molecular complexity index is 405. The second-order valence-corrected chi connectivity index (χ2v) is 6.42. The summed E-state index contributed by atoms with van der Waals surface area (Å²) in [6.45, 7) is 1.42. The highest BCUT2D eigenvalue weighted by Gasteiger charge is 2.28. The van der Waals surface area contributed by atoms with E-state index < -0.39 is 5.60 Å². The average Bonchev–Trinajstić information content (AvgIpc) is 2.33. The maximum absolute atomic E-state index is 10.4. The summed E-state index contributed by atoms with van der Waals surface area (Å²) in [5.41, 5.74) is 0.663. The lowest BCUT2D eigenvalue weighted by Crippen LogP contribution is -2.41. The Balaban J connectivity index is 1.84. The SMILES string of the molecule is OC1(CNCc2ccc(Cl)cc2Br)CCCCC1. The van der Waals surface area contributed by atoms with E-state index in [9.17, 15) is 5.11 Å². The van der Waals surface area contributed by atoms with Gasteiger partial charge in [-0.05, 0) is 30.5 Å². The molecule has 0 saturated heterocycles. The van der Waals surface area contributed by atoms with E-state index in [4.69, 9.17) is 11.6 Å². The Morgan fingerprint density at radius 2 is 2.00 bits per heavy atom. The van der Waals surface area contributed by atoms with Crippen molar-refractivity contribution in [1.82, 2.24) is 5.32 Å². The fourth-order valence-electron chi connectivity index (χ4n) is 2.48. The van der Waals surface area contributed by atoms with Crippen LogP contribution in [0.15, 0.2) is 22.7 Å². The maximum atomic E-state index is 10.4. The summed E-state index contributed by atoms with van der Waals surface area (Å²) in [5, 5.41) is 14.4. The second-order valence-electron chi connectivity index (χ2n) is 5.12. The molecule has 1 aliphatic rings. The molecule has 1 fully saturated rings. The first-order valence-corrected chi connectivity index (χ1v) is 7.63. The Morgan fingerprint density at radius 1 is 1.28 bits per heavy atom. The zero-order valence-electron chi connectivity index (χ0n) is 10.4. The van der Waals surface area contributed by atoms with E-state index in [0.717, 1.165) is 41.7 Å². The van der Waals surface area contributed by atoms with Gasteiger partial charge in [-0.1, -0.05) is 52.9 Å². The summed E-state index contributed by atoms with van der Waals surface area (Å²) < 4.78 is 1.01. The van der Waals surface area contributed by atoms with E-state index in [1.54, 1.807) is 0 Å². The summed E-state index contributed by atoms with van der Waals surface area (Å²) in [7, 11) is 0. The highest BCUT2D eigenvalue weighted by atomic mass is 79.9. The lowest BCUT2D eigenvalue weighted by molar-refractivity contribution is 0.00467. The molecule has 100 valence electrons. The monoisotopic (exact) mass is 331 g/mol. The van der Waals surface area contributed by atoms with Crippen LogP contribution in [-0.4, -0.2) is 17.3 Å². The molecule has 0 aromatic heterocycles. The van der Waals surface area contributed by atoms with Gasteiger partial charge in [-0.2, -0.15) is 0 Å². The molecule has 0 radical (unpaired) electrons. The number of hydrogen-bond donors (Lipinski definition) is 2. The van der Waals surface area contributed by atoms with Crippen molar-refractivity contribution in [2.24, 2.45) is 0 Å². The highest BCUT2D eigenvalue weighted by molar-refractivity contribution is 9.10. The van der Waals surface area contributed by atoms with Crippen molar-refractivity contribution in [3.8, 4) is 0 Å². The summed E-state index contributed by atoms with van der Waals surface area (Å²) >= 11 is 9.40. The smallest absolute Gasteiger partial charge is 0.0771 e. The van der Waals surface area contributed by atoms with Gasteiger partial charge in [0.15, 0.2) is 0 Å². The molecule has 1 aliphatic carbocycles. The van der Waals surface area contributed by atoms with Gasteiger partial charge in [0.2, 0.25) is 0 Å². The fourth-order valence-corrected chi connectivity index (χ4v) is 3.30. The first-order chi connectivity index (χ1) is 8.59. The van der Waals surface area contributed by atoms with Crippen LogP contribution in [0.4, 0.5) is 0 Å². The van der Waals surface area contributed by atoms with Crippen molar-refractivity contribution in [1.29, 1.82) is 0 Å². The molecule has 4 heteroatoms. The van der Waals surface area contributed by atoms with Crippen molar-refractivity contribution in [3.05, 3.63) is 33.3 Å². The zero-order valence-corrected chi connectivity index (χ0v) is 12.7. The number of nitrogens with one attached hydrogen (secondary N) is 1. The van der Waals surface area contributed by atoms with Gasteiger partial charge in [0.1, 0.15) is 0 Å². The number of benzene rings is 1. The molecule has 1 aromatic rings. The second kappa shape index (κ2) is 6.38. The van der Waals surface area contributed by atoms with Crippen LogP contribution < -0.4 is 5.32 Å². The molecule has 2 nitrogen and oxygen atoms in total. The van der Waals surface area contributed by atoms with Gasteiger partial charge >= 0.3 is 0 Å². The quantitative estimate of drug-likeness (QED) is 0.877. The third-order valence-electron chi connectivity index (χ3n) is 3.57. The summed E-state index contributed by atoms with van der Waals surface area (Å²) in [6, 6.07) is 5.79. The van der Waals surface area contributed by atoms with E-state index in [0.29, 0.717) is 6.54 Å². The lowest BCUT2D eigenvalue weighted by atomic mass is 9.85. The Hall–Kier alpha value is -0.0900. The predicted octanol–water partition coefficient (Wildman–Crippen LogP) is 3.89. The van der Waals surface area contributed by atoms with Crippen molar-refractivity contribution < 1.29 is 5.11 Å². The van der Waals surface area contributed by atoms with Crippen LogP contribution in [0.1, 0.15) is 37.7 Å². The van der Waals surface area contributed by atoms with Crippen molar-refractivity contribution in [3.63, 3.8) is 0 Å². The first-order valence-electron chi connectivity index (χ1n) is 6.46. The molecule has 0 heterocycles. The van der Waals surface area contributed by atoms with Crippen LogP contribution in [0.5, 0.6) is 0 Å².